The van der Waals surface area contributed by atoms with Gasteiger partial charge >= 0.3 is 0 Å². The minimum atomic E-state index is -0.473. The maximum atomic E-state index is 12.0. The summed E-state index contributed by atoms with van der Waals surface area (Å²) in [4.78, 5) is 12.0. The molecule has 0 spiro atoms. The lowest BCUT2D eigenvalue weighted by atomic mass is 9.95. The summed E-state index contributed by atoms with van der Waals surface area (Å²) in [6.07, 6.45) is 0. The van der Waals surface area contributed by atoms with Crippen molar-refractivity contribution in [1.82, 2.24) is 0 Å². The van der Waals surface area contributed by atoms with Crippen LogP contribution in [0.15, 0.2) is 22.6 Å². The molecule has 2 aromatic rings. The van der Waals surface area contributed by atoms with Crippen LogP contribution in [0, 0.1) is 23.7 Å². The van der Waals surface area contributed by atoms with Gasteiger partial charge in [-0.2, -0.15) is 5.26 Å². The Kier molecular flexibility index (Phi) is 3.07. The summed E-state index contributed by atoms with van der Waals surface area (Å²) < 4.78 is 5.52. The van der Waals surface area contributed by atoms with E-state index < -0.39 is 5.41 Å². The number of aryl methyl sites for hydroxylation is 1. The molecular weight excluding hydrogens is 240 g/mol. The fraction of sp³-hybridized carbons (Fsp3) is 0.333. The lowest BCUT2D eigenvalue weighted by molar-refractivity contribution is -0.123. The molecular formula is C15H16N2O2. The highest BCUT2D eigenvalue weighted by atomic mass is 16.3. The zero-order valence-corrected chi connectivity index (χ0v) is 11.5. The maximum Gasteiger partial charge on any atom is 0.229 e. The minimum Gasteiger partial charge on any atom is -0.460 e. The van der Waals surface area contributed by atoms with Crippen molar-refractivity contribution >= 4 is 22.6 Å². The van der Waals surface area contributed by atoms with Crippen molar-refractivity contribution in [3.05, 3.63) is 29.5 Å². The molecule has 1 heterocycles. The summed E-state index contributed by atoms with van der Waals surface area (Å²) in [7, 11) is 0. The number of amides is 1. The molecule has 0 atom stereocenters. The summed E-state index contributed by atoms with van der Waals surface area (Å²) in [6, 6.07) is 7.31. The number of nitrogens with zero attached hydrogens (tertiary/aromatic N) is 1. The highest BCUT2D eigenvalue weighted by molar-refractivity contribution is 6.03. The number of benzene rings is 1. The topological polar surface area (TPSA) is 66.0 Å². The molecule has 1 N–H and O–H groups in total. The fourth-order valence-corrected chi connectivity index (χ4v) is 1.75. The highest BCUT2D eigenvalue weighted by Gasteiger charge is 2.22. The number of furan rings is 1. The molecule has 4 heteroatoms. The number of hydrogen-bond donors (Lipinski definition) is 1. The predicted octanol–water partition coefficient (Wildman–Crippen LogP) is 3.60. The summed E-state index contributed by atoms with van der Waals surface area (Å²) in [5, 5.41) is 12.7. The van der Waals surface area contributed by atoms with E-state index in [1.54, 1.807) is 12.1 Å². The van der Waals surface area contributed by atoms with E-state index in [0.29, 0.717) is 22.6 Å². The first kappa shape index (κ1) is 13.2. The maximum absolute atomic E-state index is 12.0. The van der Waals surface area contributed by atoms with E-state index in [4.69, 9.17) is 9.68 Å². The van der Waals surface area contributed by atoms with Gasteiger partial charge in [-0.25, -0.2) is 0 Å². The molecule has 1 aromatic heterocycles. The molecule has 0 unspecified atom stereocenters. The molecule has 2 rings (SSSR count). The van der Waals surface area contributed by atoms with Gasteiger partial charge < -0.3 is 9.73 Å². The van der Waals surface area contributed by atoms with Crippen molar-refractivity contribution in [2.45, 2.75) is 27.7 Å². The standard InChI is InChI=1S/C15H16N2O2/c1-9-7-11-12(17-14(18)15(2,3)4)6-5-10(8-16)13(11)19-9/h5-7H,1-4H3,(H,17,18). The van der Waals surface area contributed by atoms with Gasteiger partial charge in [0.05, 0.1) is 11.3 Å². The fourth-order valence-electron chi connectivity index (χ4n) is 1.75. The van der Waals surface area contributed by atoms with E-state index in [9.17, 15) is 4.79 Å². The Hall–Kier alpha value is -2.28. The van der Waals surface area contributed by atoms with Crippen molar-refractivity contribution in [3.63, 3.8) is 0 Å². The first-order valence-electron chi connectivity index (χ1n) is 6.07. The number of carbonyl (C=O) groups is 1. The molecule has 1 aromatic carbocycles. The zero-order chi connectivity index (χ0) is 14.2. The largest absolute Gasteiger partial charge is 0.460 e. The van der Waals surface area contributed by atoms with Gasteiger partial charge in [0, 0.05) is 10.8 Å². The molecule has 0 fully saturated rings. The van der Waals surface area contributed by atoms with Crippen molar-refractivity contribution in [1.29, 1.82) is 5.26 Å². The first-order chi connectivity index (χ1) is 8.82. The monoisotopic (exact) mass is 256 g/mol. The van der Waals surface area contributed by atoms with Crippen LogP contribution in [0.1, 0.15) is 32.1 Å². The van der Waals surface area contributed by atoms with E-state index in [-0.39, 0.29) is 5.91 Å². The predicted molar refractivity (Wildman–Crippen MR) is 73.8 cm³/mol. The molecule has 0 aliphatic carbocycles. The molecule has 0 saturated carbocycles. The van der Waals surface area contributed by atoms with E-state index >= 15 is 0 Å². The van der Waals surface area contributed by atoms with E-state index in [1.807, 2.05) is 33.8 Å². The molecule has 98 valence electrons. The summed E-state index contributed by atoms with van der Waals surface area (Å²) in [6.45, 7) is 7.37. The van der Waals surface area contributed by atoms with Crippen LogP contribution in [0.4, 0.5) is 5.69 Å². The Morgan fingerprint density at radius 2 is 2.05 bits per heavy atom. The summed E-state index contributed by atoms with van der Waals surface area (Å²) in [5.74, 6) is 0.640. The molecule has 4 nitrogen and oxygen atoms in total. The normalized spacial score (nSPS) is 11.3. The number of carbonyl (C=O) groups excluding carboxylic acids is 1. The minimum absolute atomic E-state index is 0.0719. The lowest BCUT2D eigenvalue weighted by Crippen LogP contribution is -2.27. The average Bonchev–Trinajstić information content (AvgIpc) is 2.70. The molecule has 19 heavy (non-hydrogen) atoms. The Bertz CT molecular complexity index is 684. The van der Waals surface area contributed by atoms with E-state index in [2.05, 4.69) is 11.4 Å². The second-order valence-electron chi connectivity index (χ2n) is 5.58. The third kappa shape index (κ3) is 2.45. The van der Waals surface area contributed by atoms with Crippen LogP contribution in [0.3, 0.4) is 0 Å². The Labute approximate surface area is 112 Å². The van der Waals surface area contributed by atoms with Gasteiger partial charge in [0.2, 0.25) is 5.91 Å². The third-order valence-corrected chi connectivity index (χ3v) is 2.86. The Balaban J connectivity index is 2.52. The molecule has 0 aliphatic heterocycles. The first-order valence-corrected chi connectivity index (χ1v) is 6.07. The Morgan fingerprint density at radius 3 is 2.63 bits per heavy atom. The SMILES string of the molecule is Cc1cc2c(NC(=O)C(C)(C)C)ccc(C#N)c2o1. The van der Waals surface area contributed by atoms with Crippen molar-refractivity contribution in [2.75, 3.05) is 5.32 Å². The van der Waals surface area contributed by atoms with Crippen LogP contribution >= 0.6 is 0 Å². The van der Waals surface area contributed by atoms with Gasteiger partial charge in [-0.3, -0.25) is 4.79 Å². The lowest BCUT2D eigenvalue weighted by Gasteiger charge is -2.18. The van der Waals surface area contributed by atoms with Gasteiger partial charge in [-0.15, -0.1) is 0 Å². The molecule has 0 radical (unpaired) electrons. The van der Waals surface area contributed by atoms with Gasteiger partial charge in [-0.05, 0) is 25.1 Å². The van der Waals surface area contributed by atoms with Crippen molar-refractivity contribution in [3.8, 4) is 6.07 Å². The van der Waals surface area contributed by atoms with Gasteiger partial charge in [0.25, 0.3) is 0 Å². The van der Waals surface area contributed by atoms with Crippen LogP contribution < -0.4 is 5.32 Å². The second-order valence-corrected chi connectivity index (χ2v) is 5.58. The second kappa shape index (κ2) is 4.43. The van der Waals surface area contributed by atoms with Crippen LogP contribution in [0.25, 0.3) is 11.0 Å². The molecule has 0 aliphatic rings. The number of anilines is 1. The van der Waals surface area contributed by atoms with Crippen molar-refractivity contribution < 1.29 is 9.21 Å². The van der Waals surface area contributed by atoms with E-state index in [1.165, 1.54) is 0 Å². The highest BCUT2D eigenvalue weighted by Crippen LogP contribution is 2.30. The quantitative estimate of drug-likeness (QED) is 0.847. The van der Waals surface area contributed by atoms with Gasteiger partial charge in [0.1, 0.15) is 11.8 Å². The molecule has 0 bridgehead atoms. The number of rotatable bonds is 1. The summed E-state index contributed by atoms with van der Waals surface area (Å²) in [5.41, 5.74) is 1.19. The number of nitriles is 1. The van der Waals surface area contributed by atoms with E-state index in [0.717, 1.165) is 5.39 Å². The molecule has 0 saturated heterocycles. The van der Waals surface area contributed by atoms with Crippen LogP contribution in [-0.2, 0) is 4.79 Å². The number of fused-ring (bicyclic) bond motifs is 1. The van der Waals surface area contributed by atoms with Gasteiger partial charge in [-0.1, -0.05) is 20.8 Å². The van der Waals surface area contributed by atoms with Crippen LogP contribution in [0.2, 0.25) is 0 Å². The van der Waals surface area contributed by atoms with Crippen LogP contribution in [0.5, 0.6) is 0 Å². The smallest absolute Gasteiger partial charge is 0.229 e. The number of hydrogen-bond acceptors (Lipinski definition) is 3. The number of nitrogens with one attached hydrogen (secondary N) is 1. The van der Waals surface area contributed by atoms with Gasteiger partial charge in [0.15, 0.2) is 5.58 Å². The zero-order valence-electron chi connectivity index (χ0n) is 11.5. The van der Waals surface area contributed by atoms with Crippen molar-refractivity contribution in [2.24, 2.45) is 5.41 Å². The summed E-state index contributed by atoms with van der Waals surface area (Å²) >= 11 is 0. The Morgan fingerprint density at radius 1 is 1.37 bits per heavy atom. The van der Waals surface area contributed by atoms with Crippen LogP contribution in [-0.4, -0.2) is 5.91 Å². The third-order valence-electron chi connectivity index (χ3n) is 2.86. The molecule has 1 amide bonds. The average molecular weight is 256 g/mol.